The lowest BCUT2D eigenvalue weighted by atomic mass is 10.4. The number of aliphatic hydroxyl groups excluding tert-OH is 1. The number of carboxylic acids is 1. The molecule has 0 rings (SSSR count). The fourth-order valence-corrected chi connectivity index (χ4v) is 1.70. The third-order valence-electron chi connectivity index (χ3n) is 1.82. The number of nitrogens with zero attached hydrogens (tertiary/aromatic N) is 1. The zero-order chi connectivity index (χ0) is 13.6. The summed E-state index contributed by atoms with van der Waals surface area (Å²) < 4.78 is 48.8. The van der Waals surface area contributed by atoms with E-state index in [1.54, 1.807) is 4.72 Å². The second-order valence-electron chi connectivity index (χ2n) is 3.22. The number of hydrogen-bond acceptors (Lipinski definition) is 4. The summed E-state index contributed by atoms with van der Waals surface area (Å²) >= 11 is 0. The fourth-order valence-electron chi connectivity index (χ4n) is 0.763. The fraction of sp³-hybridized carbons (Fsp3) is 0.857. The molecule has 0 aliphatic heterocycles. The van der Waals surface area contributed by atoms with Gasteiger partial charge in [0.05, 0.1) is 6.42 Å². The standard InChI is InChI=1S/C7H14F2N2O5S/c1-11(3-2-6(13)14)17(15,16)10-4-5(12)7(8)9/h5,7,10,12H,2-4H2,1H3,(H,13,14). The molecule has 0 saturated carbocycles. The van der Waals surface area contributed by atoms with E-state index in [0.29, 0.717) is 4.31 Å². The highest BCUT2D eigenvalue weighted by molar-refractivity contribution is 7.87. The van der Waals surface area contributed by atoms with Crippen molar-refractivity contribution in [3.63, 3.8) is 0 Å². The zero-order valence-electron chi connectivity index (χ0n) is 9.01. The Bertz CT molecular complexity index is 348. The first-order valence-corrected chi connectivity index (χ1v) is 5.99. The molecule has 0 heterocycles. The zero-order valence-corrected chi connectivity index (χ0v) is 9.82. The highest BCUT2D eigenvalue weighted by Crippen LogP contribution is 2.01. The topological polar surface area (TPSA) is 107 Å². The Labute approximate surface area is 97.2 Å². The summed E-state index contributed by atoms with van der Waals surface area (Å²) in [5, 5.41) is 17.0. The van der Waals surface area contributed by atoms with E-state index in [1.165, 1.54) is 0 Å². The van der Waals surface area contributed by atoms with Gasteiger partial charge in [-0.3, -0.25) is 4.79 Å². The van der Waals surface area contributed by atoms with E-state index < -0.39 is 41.7 Å². The monoisotopic (exact) mass is 276 g/mol. The molecule has 3 N–H and O–H groups in total. The Kier molecular flexibility index (Phi) is 6.45. The van der Waals surface area contributed by atoms with Gasteiger partial charge in [-0.1, -0.05) is 0 Å². The van der Waals surface area contributed by atoms with Crippen LogP contribution in [-0.2, 0) is 15.0 Å². The summed E-state index contributed by atoms with van der Waals surface area (Å²) in [5.74, 6) is -1.18. The third kappa shape index (κ3) is 6.46. The Morgan fingerprint density at radius 1 is 1.47 bits per heavy atom. The molecule has 0 fully saturated rings. The second kappa shape index (κ2) is 6.79. The summed E-state index contributed by atoms with van der Waals surface area (Å²) in [5.41, 5.74) is 0. The average molecular weight is 276 g/mol. The van der Waals surface area contributed by atoms with E-state index in [-0.39, 0.29) is 6.54 Å². The molecule has 0 aromatic carbocycles. The van der Waals surface area contributed by atoms with E-state index in [4.69, 9.17) is 10.2 Å². The van der Waals surface area contributed by atoms with Gasteiger partial charge >= 0.3 is 5.97 Å². The van der Waals surface area contributed by atoms with Crippen molar-refractivity contribution in [2.75, 3.05) is 20.1 Å². The molecule has 0 aromatic heterocycles. The minimum Gasteiger partial charge on any atom is -0.481 e. The van der Waals surface area contributed by atoms with Gasteiger partial charge in [0.2, 0.25) is 0 Å². The summed E-state index contributed by atoms with van der Waals surface area (Å²) in [6.45, 7) is -1.13. The van der Waals surface area contributed by atoms with E-state index in [2.05, 4.69) is 0 Å². The van der Waals surface area contributed by atoms with Gasteiger partial charge in [0.1, 0.15) is 6.10 Å². The smallest absolute Gasteiger partial charge is 0.304 e. The molecule has 0 saturated heterocycles. The maximum Gasteiger partial charge on any atom is 0.304 e. The lowest BCUT2D eigenvalue weighted by molar-refractivity contribution is -0.137. The van der Waals surface area contributed by atoms with Crippen LogP contribution in [0.2, 0.25) is 0 Å². The van der Waals surface area contributed by atoms with Crippen LogP contribution in [0.3, 0.4) is 0 Å². The van der Waals surface area contributed by atoms with Crippen molar-refractivity contribution in [1.29, 1.82) is 0 Å². The molecular formula is C7H14F2N2O5S. The quantitative estimate of drug-likeness (QED) is 0.519. The number of halogens is 2. The minimum absolute atomic E-state index is 0.296. The molecule has 7 nitrogen and oxygen atoms in total. The summed E-state index contributed by atoms with van der Waals surface area (Å²) in [6.07, 6.45) is -5.56. The molecule has 1 atom stereocenters. The average Bonchev–Trinajstić information content (AvgIpc) is 2.22. The van der Waals surface area contributed by atoms with Gasteiger partial charge in [-0.05, 0) is 0 Å². The number of rotatable bonds is 8. The van der Waals surface area contributed by atoms with Crippen LogP contribution in [0, 0.1) is 0 Å². The van der Waals surface area contributed by atoms with Crippen LogP contribution in [0.15, 0.2) is 0 Å². The van der Waals surface area contributed by atoms with E-state index in [1.807, 2.05) is 0 Å². The van der Waals surface area contributed by atoms with Crippen molar-refractivity contribution in [2.24, 2.45) is 0 Å². The number of nitrogens with one attached hydrogen (secondary N) is 1. The van der Waals surface area contributed by atoms with Gasteiger partial charge in [-0.25, -0.2) is 8.78 Å². The number of aliphatic hydroxyl groups is 1. The Balaban J connectivity index is 4.23. The lowest BCUT2D eigenvalue weighted by Crippen LogP contribution is -2.43. The first kappa shape index (κ1) is 16.2. The maximum atomic E-state index is 11.9. The van der Waals surface area contributed by atoms with Crippen LogP contribution >= 0.6 is 0 Å². The van der Waals surface area contributed by atoms with E-state index in [0.717, 1.165) is 7.05 Å². The van der Waals surface area contributed by atoms with Crippen LogP contribution in [-0.4, -0.2) is 61.6 Å². The molecule has 1 unspecified atom stereocenters. The predicted molar refractivity (Wildman–Crippen MR) is 53.8 cm³/mol. The number of alkyl halides is 2. The van der Waals surface area contributed by atoms with Crippen LogP contribution in [0.4, 0.5) is 8.78 Å². The first-order chi connectivity index (χ1) is 7.66. The maximum absolute atomic E-state index is 11.9. The second-order valence-corrected chi connectivity index (χ2v) is 5.08. The van der Waals surface area contributed by atoms with Crippen LogP contribution in [0.5, 0.6) is 0 Å². The lowest BCUT2D eigenvalue weighted by Gasteiger charge is -2.18. The van der Waals surface area contributed by atoms with Crippen LogP contribution < -0.4 is 4.72 Å². The number of carboxylic acid groups (broad SMARTS) is 1. The van der Waals surface area contributed by atoms with Gasteiger partial charge < -0.3 is 10.2 Å². The molecule has 0 bridgehead atoms. The Morgan fingerprint density at radius 2 is 2.00 bits per heavy atom. The molecule has 17 heavy (non-hydrogen) atoms. The molecule has 0 amide bonds. The highest BCUT2D eigenvalue weighted by atomic mass is 32.2. The summed E-state index contributed by atoms with van der Waals surface area (Å²) in [4.78, 5) is 10.2. The molecule has 0 aromatic rings. The largest absolute Gasteiger partial charge is 0.481 e. The van der Waals surface area contributed by atoms with E-state index in [9.17, 15) is 22.0 Å². The van der Waals surface area contributed by atoms with Crippen molar-refractivity contribution in [1.82, 2.24) is 9.03 Å². The first-order valence-electron chi connectivity index (χ1n) is 4.55. The van der Waals surface area contributed by atoms with Crippen molar-refractivity contribution in [3.8, 4) is 0 Å². The molecular weight excluding hydrogens is 262 g/mol. The molecule has 102 valence electrons. The summed E-state index contributed by atoms with van der Waals surface area (Å²) in [6, 6.07) is 0. The highest BCUT2D eigenvalue weighted by Gasteiger charge is 2.22. The van der Waals surface area contributed by atoms with Gasteiger partial charge in [0.15, 0.2) is 0 Å². The normalized spacial score (nSPS) is 14.2. The molecule has 0 aliphatic rings. The van der Waals surface area contributed by atoms with Crippen molar-refractivity contribution in [3.05, 3.63) is 0 Å². The molecule has 0 radical (unpaired) electrons. The Hall–Kier alpha value is -0.840. The summed E-state index contributed by atoms with van der Waals surface area (Å²) in [7, 11) is -2.96. The Morgan fingerprint density at radius 3 is 2.41 bits per heavy atom. The molecule has 10 heteroatoms. The SMILES string of the molecule is CN(CCC(=O)O)S(=O)(=O)NCC(O)C(F)F. The van der Waals surface area contributed by atoms with Gasteiger partial charge in [-0.2, -0.15) is 17.4 Å². The number of carbonyl (C=O) groups is 1. The van der Waals surface area contributed by atoms with Gasteiger partial charge in [-0.15, -0.1) is 0 Å². The van der Waals surface area contributed by atoms with Gasteiger partial charge in [0.25, 0.3) is 16.6 Å². The van der Waals surface area contributed by atoms with Crippen molar-refractivity contribution in [2.45, 2.75) is 19.0 Å². The molecule has 0 aliphatic carbocycles. The van der Waals surface area contributed by atoms with E-state index >= 15 is 0 Å². The van der Waals surface area contributed by atoms with Crippen LogP contribution in [0.25, 0.3) is 0 Å². The minimum atomic E-state index is -4.06. The number of hydrogen-bond donors (Lipinski definition) is 3. The van der Waals surface area contributed by atoms with Gasteiger partial charge in [0, 0.05) is 20.1 Å². The van der Waals surface area contributed by atoms with Crippen molar-refractivity contribution >= 4 is 16.2 Å². The third-order valence-corrected chi connectivity index (χ3v) is 3.35. The number of aliphatic carboxylic acids is 1. The molecule has 0 spiro atoms. The van der Waals surface area contributed by atoms with Crippen LogP contribution in [0.1, 0.15) is 6.42 Å². The predicted octanol–water partition coefficient (Wildman–Crippen LogP) is -1.15. The van der Waals surface area contributed by atoms with Crippen molar-refractivity contribution < 1.29 is 32.2 Å².